The minimum atomic E-state index is -0.478. The number of nitrogens with one attached hydrogen (secondary N) is 1. The van der Waals surface area contributed by atoms with Crippen molar-refractivity contribution in [2.75, 3.05) is 24.8 Å². The molecular formula is C20H22Br2N2O5. The molecule has 2 rings (SSSR count). The number of nitrogens with two attached hydrogens (primary N) is 1. The number of anilines is 2. The number of esters is 1. The number of hydrogen-bond donors (Lipinski definition) is 2. The van der Waals surface area contributed by atoms with Crippen molar-refractivity contribution in [3.8, 4) is 17.2 Å². The highest BCUT2D eigenvalue weighted by molar-refractivity contribution is 9.11. The van der Waals surface area contributed by atoms with Crippen molar-refractivity contribution < 1.29 is 23.8 Å². The molecule has 0 aliphatic carbocycles. The van der Waals surface area contributed by atoms with Crippen molar-refractivity contribution in [1.82, 2.24) is 0 Å². The average molecular weight is 530 g/mol. The molecule has 3 N–H and O–H groups in total. The molecule has 0 aromatic heterocycles. The SMILES string of the molecule is COC(=O)COc1cc(Br)c(Oc2ccc(NC(=O)CC(C)C)c(N)c2)c(Br)c1. The molecular weight excluding hydrogens is 508 g/mol. The van der Waals surface area contributed by atoms with E-state index in [9.17, 15) is 9.59 Å². The Kier molecular flexibility index (Phi) is 8.33. The van der Waals surface area contributed by atoms with Crippen LogP contribution < -0.4 is 20.5 Å². The number of ether oxygens (including phenoxy) is 3. The number of hydrogen-bond acceptors (Lipinski definition) is 6. The normalized spacial score (nSPS) is 10.6. The average Bonchev–Trinajstić information content (AvgIpc) is 2.64. The Balaban J connectivity index is 2.12. The third-order valence-corrected chi connectivity index (χ3v) is 4.84. The van der Waals surface area contributed by atoms with E-state index < -0.39 is 5.97 Å². The predicted molar refractivity (Wildman–Crippen MR) is 118 cm³/mol. The van der Waals surface area contributed by atoms with Gasteiger partial charge < -0.3 is 25.3 Å². The van der Waals surface area contributed by atoms with Gasteiger partial charge >= 0.3 is 5.97 Å². The number of amides is 1. The van der Waals surface area contributed by atoms with Gasteiger partial charge in [0.1, 0.15) is 11.5 Å². The molecule has 0 spiro atoms. The maximum absolute atomic E-state index is 11.9. The van der Waals surface area contributed by atoms with E-state index in [-0.39, 0.29) is 18.4 Å². The van der Waals surface area contributed by atoms with E-state index >= 15 is 0 Å². The van der Waals surface area contributed by atoms with Gasteiger partial charge in [-0.2, -0.15) is 0 Å². The molecule has 0 saturated carbocycles. The summed E-state index contributed by atoms with van der Waals surface area (Å²) in [6, 6.07) is 8.38. The molecule has 1 amide bonds. The molecule has 0 fully saturated rings. The third kappa shape index (κ3) is 6.93. The number of benzene rings is 2. The van der Waals surface area contributed by atoms with Crippen LogP contribution in [0.2, 0.25) is 0 Å². The van der Waals surface area contributed by atoms with Gasteiger partial charge in [-0.25, -0.2) is 4.79 Å². The van der Waals surface area contributed by atoms with E-state index in [1.807, 2.05) is 13.8 Å². The summed E-state index contributed by atoms with van der Waals surface area (Å²) in [6.45, 7) is 3.75. The van der Waals surface area contributed by atoms with Gasteiger partial charge in [-0.3, -0.25) is 4.79 Å². The lowest BCUT2D eigenvalue weighted by atomic mass is 10.1. The van der Waals surface area contributed by atoms with Crippen LogP contribution in [0.5, 0.6) is 17.2 Å². The first-order chi connectivity index (χ1) is 13.7. The zero-order valence-electron chi connectivity index (χ0n) is 16.3. The third-order valence-electron chi connectivity index (χ3n) is 3.67. The zero-order valence-corrected chi connectivity index (χ0v) is 19.4. The van der Waals surface area contributed by atoms with Crippen LogP contribution >= 0.6 is 31.9 Å². The van der Waals surface area contributed by atoms with Gasteiger partial charge in [0.05, 0.1) is 27.4 Å². The minimum Gasteiger partial charge on any atom is -0.482 e. The molecule has 2 aromatic carbocycles. The maximum atomic E-state index is 11.9. The summed E-state index contributed by atoms with van der Waals surface area (Å²) in [4.78, 5) is 23.1. The van der Waals surface area contributed by atoms with Gasteiger partial charge in [-0.1, -0.05) is 13.8 Å². The lowest BCUT2D eigenvalue weighted by Gasteiger charge is -2.14. The topological polar surface area (TPSA) is 99.9 Å². The van der Waals surface area contributed by atoms with Crippen molar-refractivity contribution >= 4 is 55.1 Å². The first-order valence-electron chi connectivity index (χ1n) is 8.75. The van der Waals surface area contributed by atoms with Crippen molar-refractivity contribution in [3.05, 3.63) is 39.3 Å². The first kappa shape index (κ1) is 23.0. The van der Waals surface area contributed by atoms with Crippen LogP contribution in [0.4, 0.5) is 11.4 Å². The largest absolute Gasteiger partial charge is 0.482 e. The van der Waals surface area contributed by atoms with Crippen LogP contribution in [0.1, 0.15) is 20.3 Å². The highest BCUT2D eigenvalue weighted by Crippen LogP contribution is 2.40. The van der Waals surface area contributed by atoms with Gasteiger partial charge in [0.15, 0.2) is 12.4 Å². The first-order valence-corrected chi connectivity index (χ1v) is 10.3. The molecule has 29 heavy (non-hydrogen) atoms. The molecule has 0 saturated heterocycles. The number of nitrogen functional groups attached to an aromatic ring is 1. The standard InChI is InChI=1S/C20H22Br2N2O5/c1-11(2)6-18(25)24-17-5-4-12(9-16(17)23)29-20-14(21)7-13(8-15(20)22)28-10-19(26)27-3/h4-5,7-9,11H,6,10,23H2,1-3H3,(H,24,25). The fraction of sp³-hybridized carbons (Fsp3) is 0.300. The lowest BCUT2D eigenvalue weighted by molar-refractivity contribution is -0.142. The number of rotatable bonds is 8. The monoisotopic (exact) mass is 528 g/mol. The van der Waals surface area contributed by atoms with E-state index in [0.717, 1.165) is 0 Å². The molecule has 2 aromatic rings. The van der Waals surface area contributed by atoms with Crippen molar-refractivity contribution in [2.24, 2.45) is 5.92 Å². The molecule has 0 atom stereocenters. The van der Waals surface area contributed by atoms with Gasteiger partial charge in [0.25, 0.3) is 0 Å². The molecule has 9 heteroatoms. The van der Waals surface area contributed by atoms with Crippen molar-refractivity contribution in [1.29, 1.82) is 0 Å². The fourth-order valence-corrected chi connectivity index (χ4v) is 3.63. The predicted octanol–water partition coefficient (Wildman–Crippen LogP) is 5.12. The van der Waals surface area contributed by atoms with Crippen LogP contribution in [0.15, 0.2) is 39.3 Å². The van der Waals surface area contributed by atoms with Gasteiger partial charge in [-0.15, -0.1) is 0 Å². The molecule has 156 valence electrons. The summed E-state index contributed by atoms with van der Waals surface area (Å²) in [5, 5.41) is 2.80. The van der Waals surface area contributed by atoms with Crippen molar-refractivity contribution in [3.63, 3.8) is 0 Å². The Morgan fingerprint density at radius 3 is 2.31 bits per heavy atom. The highest BCUT2D eigenvalue weighted by Gasteiger charge is 2.14. The van der Waals surface area contributed by atoms with E-state index in [1.54, 1.807) is 30.3 Å². The number of carbonyl (C=O) groups excluding carboxylic acids is 2. The van der Waals surface area contributed by atoms with Crippen LogP contribution in [0.25, 0.3) is 0 Å². The fourth-order valence-electron chi connectivity index (χ4n) is 2.33. The van der Waals surface area contributed by atoms with Crippen LogP contribution in [0.3, 0.4) is 0 Å². The Labute approximate surface area is 186 Å². The van der Waals surface area contributed by atoms with E-state index in [4.69, 9.17) is 15.2 Å². The summed E-state index contributed by atoms with van der Waals surface area (Å²) in [6.07, 6.45) is 0.419. The van der Waals surface area contributed by atoms with Crippen molar-refractivity contribution in [2.45, 2.75) is 20.3 Å². The second-order valence-corrected chi connectivity index (χ2v) is 8.29. The van der Waals surface area contributed by atoms with E-state index in [0.29, 0.717) is 44.0 Å². The lowest BCUT2D eigenvalue weighted by Crippen LogP contribution is -2.14. The molecule has 0 aliphatic rings. The molecule has 7 nitrogen and oxygen atoms in total. The quantitative estimate of drug-likeness (QED) is 0.363. The summed E-state index contributed by atoms with van der Waals surface area (Å²) in [7, 11) is 1.29. The summed E-state index contributed by atoms with van der Waals surface area (Å²) >= 11 is 6.86. The Hall–Kier alpha value is -2.26. The smallest absolute Gasteiger partial charge is 0.343 e. The Bertz CT molecular complexity index is 879. The second kappa shape index (κ2) is 10.5. The van der Waals surface area contributed by atoms with Crippen LogP contribution in [-0.2, 0) is 14.3 Å². The number of methoxy groups -OCH3 is 1. The molecule has 0 heterocycles. The van der Waals surface area contributed by atoms with Crippen LogP contribution in [-0.4, -0.2) is 25.6 Å². The Morgan fingerprint density at radius 1 is 1.10 bits per heavy atom. The van der Waals surface area contributed by atoms with Gasteiger partial charge in [0, 0.05) is 12.5 Å². The molecule has 0 unspecified atom stereocenters. The summed E-state index contributed by atoms with van der Waals surface area (Å²) in [5.74, 6) is 1.15. The number of carbonyl (C=O) groups is 2. The second-order valence-electron chi connectivity index (χ2n) is 6.58. The number of halogens is 2. The minimum absolute atomic E-state index is 0.0894. The van der Waals surface area contributed by atoms with Gasteiger partial charge in [-0.05, 0) is 62.0 Å². The van der Waals surface area contributed by atoms with E-state index in [2.05, 4.69) is 41.9 Å². The zero-order chi connectivity index (χ0) is 21.6. The maximum Gasteiger partial charge on any atom is 0.343 e. The molecule has 0 radical (unpaired) electrons. The summed E-state index contributed by atoms with van der Waals surface area (Å²) < 4.78 is 17.1. The van der Waals surface area contributed by atoms with Gasteiger partial charge in [0.2, 0.25) is 5.91 Å². The molecule has 0 aliphatic heterocycles. The van der Waals surface area contributed by atoms with Crippen LogP contribution in [0, 0.1) is 5.92 Å². The molecule has 0 bridgehead atoms. The van der Waals surface area contributed by atoms with E-state index in [1.165, 1.54) is 7.11 Å². The highest BCUT2D eigenvalue weighted by atomic mass is 79.9. The summed E-state index contributed by atoms with van der Waals surface area (Å²) in [5.41, 5.74) is 6.98. The Morgan fingerprint density at radius 2 is 1.76 bits per heavy atom.